The number of anilines is 2. The van der Waals surface area contributed by atoms with Gasteiger partial charge in [-0.3, -0.25) is 0 Å². The summed E-state index contributed by atoms with van der Waals surface area (Å²) in [6.07, 6.45) is 2.47. The van der Waals surface area contributed by atoms with Crippen molar-refractivity contribution in [2.24, 2.45) is 11.8 Å². The Morgan fingerprint density at radius 1 is 1.33 bits per heavy atom. The second kappa shape index (κ2) is 8.11. The van der Waals surface area contributed by atoms with Gasteiger partial charge in [-0.2, -0.15) is 0 Å². The molecule has 0 unspecified atom stereocenters. The largest absolute Gasteiger partial charge is 0.377 e. The molecule has 1 aliphatic rings. The van der Waals surface area contributed by atoms with Gasteiger partial charge in [0.1, 0.15) is 18.2 Å². The van der Waals surface area contributed by atoms with E-state index < -0.39 is 0 Å². The van der Waals surface area contributed by atoms with Gasteiger partial charge in [0.25, 0.3) is 0 Å². The van der Waals surface area contributed by atoms with E-state index in [9.17, 15) is 0 Å². The Morgan fingerprint density at radius 2 is 2.05 bits per heavy atom. The summed E-state index contributed by atoms with van der Waals surface area (Å²) in [6, 6.07) is 1.82. The van der Waals surface area contributed by atoms with E-state index in [2.05, 4.69) is 32.5 Å². The van der Waals surface area contributed by atoms with Gasteiger partial charge in [0.05, 0.1) is 0 Å². The first kappa shape index (κ1) is 15.9. The molecule has 0 atom stereocenters. The summed E-state index contributed by atoms with van der Waals surface area (Å²) >= 11 is 0. The van der Waals surface area contributed by atoms with Crippen molar-refractivity contribution in [3.05, 3.63) is 11.9 Å². The van der Waals surface area contributed by atoms with Crippen LogP contribution in [0.4, 0.5) is 11.6 Å². The number of nitrogens with one attached hydrogen (secondary N) is 2. The SMILES string of the molecule is CCN1CCC(CNc2cc(NN)nc(COC)n2)CC1. The van der Waals surface area contributed by atoms with Gasteiger partial charge in [-0.25, -0.2) is 15.8 Å². The second-order valence-electron chi connectivity index (χ2n) is 5.39. The van der Waals surface area contributed by atoms with Crippen LogP contribution in [0.25, 0.3) is 0 Å². The summed E-state index contributed by atoms with van der Waals surface area (Å²) in [4.78, 5) is 11.2. The van der Waals surface area contributed by atoms with Crippen LogP contribution in [-0.4, -0.2) is 48.2 Å². The summed E-state index contributed by atoms with van der Waals surface area (Å²) in [7, 11) is 1.63. The van der Waals surface area contributed by atoms with Crippen molar-refractivity contribution in [3.8, 4) is 0 Å². The summed E-state index contributed by atoms with van der Waals surface area (Å²) < 4.78 is 5.07. The first-order valence-electron chi connectivity index (χ1n) is 7.55. The van der Waals surface area contributed by atoms with E-state index >= 15 is 0 Å². The molecule has 118 valence electrons. The molecule has 7 nitrogen and oxygen atoms in total. The van der Waals surface area contributed by atoms with E-state index in [0.717, 1.165) is 18.9 Å². The Morgan fingerprint density at radius 3 is 2.67 bits per heavy atom. The van der Waals surface area contributed by atoms with Crippen LogP contribution in [0.15, 0.2) is 6.07 Å². The highest BCUT2D eigenvalue weighted by molar-refractivity contribution is 5.46. The summed E-state index contributed by atoms with van der Waals surface area (Å²) in [5.41, 5.74) is 2.56. The highest BCUT2D eigenvalue weighted by atomic mass is 16.5. The number of nitrogens with two attached hydrogens (primary N) is 1. The van der Waals surface area contributed by atoms with E-state index in [1.807, 2.05) is 6.07 Å². The molecule has 1 aromatic rings. The molecule has 0 bridgehead atoms. The van der Waals surface area contributed by atoms with Gasteiger partial charge < -0.3 is 20.4 Å². The molecule has 1 saturated heterocycles. The van der Waals surface area contributed by atoms with Crippen molar-refractivity contribution in [2.45, 2.75) is 26.4 Å². The van der Waals surface area contributed by atoms with Crippen LogP contribution in [-0.2, 0) is 11.3 Å². The average molecular weight is 294 g/mol. The number of aromatic nitrogens is 2. The summed E-state index contributed by atoms with van der Waals surface area (Å²) in [5, 5.41) is 3.40. The van der Waals surface area contributed by atoms with Gasteiger partial charge >= 0.3 is 0 Å². The van der Waals surface area contributed by atoms with Crippen molar-refractivity contribution >= 4 is 11.6 Å². The molecular weight excluding hydrogens is 268 g/mol. The topological polar surface area (TPSA) is 88.3 Å². The number of likely N-dealkylation sites (tertiary alicyclic amines) is 1. The summed E-state index contributed by atoms with van der Waals surface area (Å²) in [6.45, 7) is 7.06. The molecular formula is C14H26N6O. The number of hydrogen-bond acceptors (Lipinski definition) is 7. The maximum Gasteiger partial charge on any atom is 0.158 e. The number of piperidine rings is 1. The van der Waals surface area contributed by atoms with E-state index in [0.29, 0.717) is 24.2 Å². The molecule has 1 fully saturated rings. The van der Waals surface area contributed by atoms with Crippen LogP contribution in [0.2, 0.25) is 0 Å². The monoisotopic (exact) mass is 294 g/mol. The summed E-state index contributed by atoms with van der Waals surface area (Å²) in [5.74, 6) is 8.15. The normalized spacial score (nSPS) is 16.9. The predicted molar refractivity (Wildman–Crippen MR) is 83.9 cm³/mol. The van der Waals surface area contributed by atoms with Gasteiger partial charge in [-0.15, -0.1) is 0 Å². The molecule has 1 aromatic heterocycles. The number of hydrogen-bond donors (Lipinski definition) is 3. The number of hydrazine groups is 1. The zero-order valence-corrected chi connectivity index (χ0v) is 12.9. The number of ether oxygens (including phenoxy) is 1. The Hall–Kier alpha value is -1.44. The van der Waals surface area contributed by atoms with Gasteiger partial charge in [0.2, 0.25) is 0 Å². The minimum absolute atomic E-state index is 0.374. The molecule has 21 heavy (non-hydrogen) atoms. The first-order chi connectivity index (χ1) is 10.2. The van der Waals surface area contributed by atoms with Crippen molar-refractivity contribution in [3.63, 3.8) is 0 Å². The van der Waals surface area contributed by atoms with Gasteiger partial charge in [-0.05, 0) is 38.4 Å². The van der Waals surface area contributed by atoms with Crippen LogP contribution < -0.4 is 16.6 Å². The smallest absolute Gasteiger partial charge is 0.158 e. The maximum absolute atomic E-state index is 5.44. The lowest BCUT2D eigenvalue weighted by molar-refractivity contribution is 0.178. The fraction of sp³-hybridized carbons (Fsp3) is 0.714. The number of nitrogen functional groups attached to an aromatic ring is 1. The highest BCUT2D eigenvalue weighted by Crippen LogP contribution is 2.18. The highest BCUT2D eigenvalue weighted by Gasteiger charge is 2.18. The lowest BCUT2D eigenvalue weighted by Crippen LogP contribution is -2.35. The van der Waals surface area contributed by atoms with Gasteiger partial charge in [0, 0.05) is 19.7 Å². The lowest BCUT2D eigenvalue weighted by atomic mass is 9.97. The lowest BCUT2D eigenvalue weighted by Gasteiger charge is -2.31. The molecule has 4 N–H and O–H groups in total. The third-order valence-corrected chi connectivity index (χ3v) is 3.92. The zero-order chi connectivity index (χ0) is 15.1. The molecule has 0 aromatic carbocycles. The second-order valence-corrected chi connectivity index (χ2v) is 5.39. The van der Waals surface area contributed by atoms with Crippen molar-refractivity contribution < 1.29 is 4.74 Å². The van der Waals surface area contributed by atoms with Crippen LogP contribution in [0.3, 0.4) is 0 Å². The zero-order valence-electron chi connectivity index (χ0n) is 12.9. The minimum Gasteiger partial charge on any atom is -0.377 e. The molecule has 2 rings (SSSR count). The van der Waals surface area contributed by atoms with E-state index in [1.165, 1.54) is 25.9 Å². The fourth-order valence-corrected chi connectivity index (χ4v) is 2.61. The Labute approximate surface area is 126 Å². The Balaban J connectivity index is 1.89. The third-order valence-electron chi connectivity index (χ3n) is 3.92. The van der Waals surface area contributed by atoms with Crippen molar-refractivity contribution in [2.75, 3.05) is 44.0 Å². The van der Waals surface area contributed by atoms with Crippen molar-refractivity contribution in [1.29, 1.82) is 0 Å². The van der Waals surface area contributed by atoms with Gasteiger partial charge in [-0.1, -0.05) is 6.92 Å². The Kier molecular flexibility index (Phi) is 6.16. The molecule has 0 spiro atoms. The number of nitrogens with zero attached hydrogens (tertiary/aromatic N) is 3. The van der Waals surface area contributed by atoms with Crippen molar-refractivity contribution in [1.82, 2.24) is 14.9 Å². The fourth-order valence-electron chi connectivity index (χ4n) is 2.61. The van der Waals surface area contributed by atoms with Gasteiger partial charge in [0.15, 0.2) is 5.82 Å². The maximum atomic E-state index is 5.44. The number of methoxy groups -OCH3 is 1. The predicted octanol–water partition coefficient (Wildman–Crippen LogP) is 1.05. The molecule has 0 amide bonds. The van der Waals surface area contributed by atoms with E-state index in [-0.39, 0.29) is 0 Å². The minimum atomic E-state index is 0.374. The molecule has 0 radical (unpaired) electrons. The standard InChI is InChI=1S/C14H26N6O/c1-3-20-6-4-11(5-7-20)9-16-12-8-13(19-15)18-14(17-12)10-21-2/h8,11H,3-7,9-10,15H2,1-2H3,(H2,16,17,18,19). The Bertz CT molecular complexity index is 433. The van der Waals surface area contributed by atoms with Crippen LogP contribution in [0, 0.1) is 5.92 Å². The van der Waals surface area contributed by atoms with Crippen LogP contribution in [0.5, 0.6) is 0 Å². The molecule has 7 heteroatoms. The molecule has 0 aliphatic carbocycles. The quantitative estimate of drug-likeness (QED) is 0.512. The third kappa shape index (κ3) is 4.80. The van der Waals surface area contributed by atoms with E-state index in [4.69, 9.17) is 10.6 Å². The first-order valence-corrected chi connectivity index (χ1v) is 7.55. The van der Waals surface area contributed by atoms with Crippen LogP contribution >= 0.6 is 0 Å². The molecule has 0 saturated carbocycles. The average Bonchev–Trinajstić information content (AvgIpc) is 2.53. The van der Waals surface area contributed by atoms with Crippen LogP contribution in [0.1, 0.15) is 25.6 Å². The van der Waals surface area contributed by atoms with E-state index in [1.54, 1.807) is 7.11 Å². The number of rotatable bonds is 7. The molecule has 1 aliphatic heterocycles. The molecule has 2 heterocycles.